The van der Waals surface area contributed by atoms with E-state index < -0.39 is 14.9 Å². The van der Waals surface area contributed by atoms with Crippen LogP contribution in [0.15, 0.2) is 39.6 Å². The second-order valence-electron chi connectivity index (χ2n) is 2.38. The molecule has 0 spiro atoms. The second-order valence-corrected chi connectivity index (χ2v) is 5.17. The number of rotatable bonds is 3. The Morgan fingerprint density at radius 2 is 1.79 bits per heavy atom. The van der Waals surface area contributed by atoms with Gasteiger partial charge in [-0.25, -0.2) is 0 Å². The number of alkyl halides is 2. The Balaban J connectivity index is 2.99. The Morgan fingerprint density at radius 1 is 1.21 bits per heavy atom. The van der Waals surface area contributed by atoms with E-state index in [9.17, 15) is 8.42 Å². The molecule has 0 fully saturated rings. The van der Waals surface area contributed by atoms with Gasteiger partial charge >= 0.3 is 0 Å². The quantitative estimate of drug-likeness (QED) is 0.611. The Morgan fingerprint density at radius 3 is 2.29 bits per heavy atom. The molecule has 1 rings (SSSR count). The minimum Gasteiger partial charge on any atom is -0.199 e. The minimum absolute atomic E-state index is 0.116. The summed E-state index contributed by atoms with van der Waals surface area (Å²) in [4.78, 5) is -0.807. The topological polar surface area (TPSA) is 46.5 Å². The number of hydrogen-bond donors (Lipinski definition) is 0. The highest BCUT2D eigenvalue weighted by Gasteiger charge is 2.10. The average molecular weight is 252 g/mol. The largest absolute Gasteiger partial charge is 0.282 e. The zero-order valence-electron chi connectivity index (χ0n) is 6.97. The van der Waals surface area contributed by atoms with Crippen molar-refractivity contribution in [1.82, 2.24) is 0 Å². The summed E-state index contributed by atoms with van der Waals surface area (Å²) in [6.07, 6.45) is 0.964. The number of sulfonamides is 1. The summed E-state index contributed by atoms with van der Waals surface area (Å²) in [7, 11) is -3.65. The first kappa shape index (κ1) is 11.5. The molecule has 1 aromatic carbocycles. The van der Waals surface area contributed by atoms with Crippen LogP contribution < -0.4 is 0 Å². The van der Waals surface area contributed by atoms with Gasteiger partial charge in [0.1, 0.15) is 4.84 Å². The molecule has 0 aliphatic carbocycles. The number of benzene rings is 1. The van der Waals surface area contributed by atoms with Gasteiger partial charge in [0.15, 0.2) is 0 Å². The van der Waals surface area contributed by atoms with Gasteiger partial charge in [0.2, 0.25) is 0 Å². The van der Waals surface area contributed by atoms with Crippen molar-refractivity contribution in [3.63, 3.8) is 0 Å². The zero-order chi connectivity index (χ0) is 10.6. The van der Waals surface area contributed by atoms with E-state index in [0.717, 1.165) is 6.21 Å². The van der Waals surface area contributed by atoms with Crippen LogP contribution in [-0.4, -0.2) is 19.5 Å². The normalized spacial score (nSPS) is 12.5. The van der Waals surface area contributed by atoms with E-state index in [2.05, 4.69) is 4.40 Å². The second kappa shape index (κ2) is 4.77. The summed E-state index contributed by atoms with van der Waals surface area (Å²) in [5.41, 5.74) is 0. The van der Waals surface area contributed by atoms with Gasteiger partial charge in [-0.1, -0.05) is 41.4 Å². The smallest absolute Gasteiger partial charge is 0.199 e. The SMILES string of the molecule is O=S(=O)(N=CC(Cl)Cl)c1ccccc1. The molecule has 14 heavy (non-hydrogen) atoms. The van der Waals surface area contributed by atoms with E-state index in [4.69, 9.17) is 23.2 Å². The lowest BCUT2D eigenvalue weighted by molar-refractivity contribution is 0.598. The molecule has 3 nitrogen and oxygen atoms in total. The molecule has 0 saturated heterocycles. The predicted molar refractivity (Wildman–Crippen MR) is 57.6 cm³/mol. The highest BCUT2D eigenvalue weighted by Crippen LogP contribution is 2.11. The molecular weight excluding hydrogens is 245 g/mol. The summed E-state index contributed by atoms with van der Waals surface area (Å²) >= 11 is 10.6. The van der Waals surface area contributed by atoms with Crippen molar-refractivity contribution >= 4 is 39.4 Å². The van der Waals surface area contributed by atoms with Crippen LogP contribution >= 0.6 is 23.2 Å². The van der Waals surface area contributed by atoms with E-state index in [0.29, 0.717) is 0 Å². The van der Waals surface area contributed by atoms with Crippen LogP contribution in [0.25, 0.3) is 0 Å². The Bertz CT molecular complexity index is 414. The number of hydrogen-bond acceptors (Lipinski definition) is 2. The van der Waals surface area contributed by atoms with Crippen LogP contribution in [0.3, 0.4) is 0 Å². The first-order chi connectivity index (χ1) is 6.52. The zero-order valence-corrected chi connectivity index (χ0v) is 9.30. The monoisotopic (exact) mass is 251 g/mol. The summed E-state index contributed by atoms with van der Waals surface area (Å²) in [6.45, 7) is 0. The van der Waals surface area contributed by atoms with E-state index in [1.165, 1.54) is 12.1 Å². The lowest BCUT2D eigenvalue weighted by Gasteiger charge is -1.96. The standard InChI is InChI=1S/C8H7Cl2NO2S/c9-8(10)6-11-14(12,13)7-4-2-1-3-5-7/h1-6,8H. The highest BCUT2D eigenvalue weighted by molar-refractivity contribution is 7.90. The van der Waals surface area contributed by atoms with Gasteiger partial charge in [0.05, 0.1) is 11.1 Å². The van der Waals surface area contributed by atoms with Crippen LogP contribution in [0.4, 0.5) is 0 Å². The molecule has 0 aliphatic rings. The molecule has 0 heterocycles. The van der Waals surface area contributed by atoms with Gasteiger partial charge in [0.25, 0.3) is 10.0 Å². The fraction of sp³-hybridized carbons (Fsp3) is 0.125. The van der Waals surface area contributed by atoms with Crippen LogP contribution in [0.2, 0.25) is 0 Å². The lowest BCUT2D eigenvalue weighted by atomic mass is 10.4. The Kier molecular flexibility index (Phi) is 3.92. The molecule has 0 saturated carbocycles. The molecule has 76 valence electrons. The van der Waals surface area contributed by atoms with Crippen molar-refractivity contribution in [2.24, 2.45) is 4.40 Å². The Labute approximate surface area is 92.4 Å². The molecular formula is C8H7Cl2NO2S. The van der Waals surface area contributed by atoms with Gasteiger partial charge in [-0.2, -0.15) is 12.8 Å². The summed E-state index contributed by atoms with van der Waals surface area (Å²) < 4.78 is 26.2. The molecule has 0 amide bonds. The van der Waals surface area contributed by atoms with Crippen LogP contribution in [0.1, 0.15) is 0 Å². The summed E-state index contributed by atoms with van der Waals surface area (Å²) in [5, 5.41) is 0. The summed E-state index contributed by atoms with van der Waals surface area (Å²) in [5.74, 6) is 0. The van der Waals surface area contributed by atoms with Gasteiger partial charge in [-0.05, 0) is 12.1 Å². The van der Waals surface area contributed by atoms with E-state index in [1.54, 1.807) is 18.2 Å². The maximum atomic E-state index is 11.4. The van der Waals surface area contributed by atoms with Crippen LogP contribution in [0.5, 0.6) is 0 Å². The average Bonchev–Trinajstić information content (AvgIpc) is 2.16. The van der Waals surface area contributed by atoms with E-state index in [-0.39, 0.29) is 4.90 Å². The maximum Gasteiger partial charge on any atom is 0.282 e. The minimum atomic E-state index is -3.65. The molecule has 0 aliphatic heterocycles. The van der Waals surface area contributed by atoms with E-state index >= 15 is 0 Å². The molecule has 0 bridgehead atoms. The number of nitrogens with zero attached hydrogens (tertiary/aromatic N) is 1. The van der Waals surface area contributed by atoms with Gasteiger partial charge in [0, 0.05) is 0 Å². The highest BCUT2D eigenvalue weighted by atomic mass is 35.5. The fourth-order valence-corrected chi connectivity index (χ4v) is 1.93. The molecule has 0 atom stereocenters. The van der Waals surface area contributed by atoms with Crippen LogP contribution in [0, 0.1) is 0 Å². The van der Waals surface area contributed by atoms with Gasteiger partial charge in [-0.15, -0.1) is 0 Å². The third-order valence-electron chi connectivity index (χ3n) is 1.35. The Hall–Kier alpha value is -0.580. The molecule has 0 unspecified atom stereocenters. The molecule has 6 heteroatoms. The van der Waals surface area contributed by atoms with Crippen molar-refractivity contribution in [2.75, 3.05) is 0 Å². The maximum absolute atomic E-state index is 11.4. The predicted octanol–water partition coefficient (Wildman–Crippen LogP) is 2.25. The lowest BCUT2D eigenvalue weighted by Crippen LogP contribution is -1.99. The molecule has 1 aromatic rings. The molecule has 0 aromatic heterocycles. The third kappa shape index (κ3) is 3.29. The van der Waals surface area contributed by atoms with Crippen molar-refractivity contribution < 1.29 is 8.42 Å². The first-order valence-corrected chi connectivity index (χ1v) is 5.97. The fourth-order valence-electron chi connectivity index (χ4n) is 0.779. The van der Waals surface area contributed by atoms with Gasteiger partial charge < -0.3 is 0 Å². The van der Waals surface area contributed by atoms with E-state index in [1.807, 2.05) is 0 Å². The van der Waals surface area contributed by atoms with Crippen molar-refractivity contribution in [2.45, 2.75) is 9.73 Å². The van der Waals surface area contributed by atoms with Crippen molar-refractivity contribution in [1.29, 1.82) is 0 Å². The molecule has 0 N–H and O–H groups in total. The van der Waals surface area contributed by atoms with Crippen molar-refractivity contribution in [3.05, 3.63) is 30.3 Å². The third-order valence-corrected chi connectivity index (χ3v) is 2.85. The van der Waals surface area contributed by atoms with Crippen molar-refractivity contribution in [3.8, 4) is 0 Å². The first-order valence-electron chi connectivity index (χ1n) is 3.66. The van der Waals surface area contributed by atoms with Gasteiger partial charge in [-0.3, -0.25) is 0 Å². The number of halogens is 2. The summed E-state index contributed by atoms with van der Waals surface area (Å²) in [6, 6.07) is 7.84. The van der Waals surface area contributed by atoms with Crippen LogP contribution in [-0.2, 0) is 10.0 Å². The molecule has 0 radical (unpaired) electrons.